The Labute approximate surface area is 144 Å². The van der Waals surface area contributed by atoms with Gasteiger partial charge >= 0.3 is 0 Å². The Morgan fingerprint density at radius 1 is 1.29 bits per heavy atom. The number of aryl methyl sites for hydroxylation is 2. The Kier molecular flexibility index (Phi) is 6.01. The number of anilines is 1. The lowest BCUT2D eigenvalue weighted by molar-refractivity contribution is -0.117. The van der Waals surface area contributed by atoms with Crippen LogP contribution < -0.4 is 5.32 Å². The number of nitrogens with one attached hydrogen (secondary N) is 1. The Hall–Kier alpha value is -1.44. The van der Waals surface area contributed by atoms with E-state index < -0.39 is 0 Å². The van der Waals surface area contributed by atoms with E-state index in [1.165, 1.54) is 0 Å². The highest BCUT2D eigenvalue weighted by molar-refractivity contribution is 5.91. The summed E-state index contributed by atoms with van der Waals surface area (Å²) >= 11 is 0. The normalized spacial score (nSPS) is 18.6. The van der Waals surface area contributed by atoms with Gasteiger partial charge in [0.05, 0.1) is 18.3 Å². The summed E-state index contributed by atoms with van der Waals surface area (Å²) in [4.78, 5) is 16.6. The molecule has 0 radical (unpaired) electrons. The summed E-state index contributed by atoms with van der Waals surface area (Å²) in [7, 11) is 1.82. The van der Waals surface area contributed by atoms with Gasteiger partial charge in [-0.05, 0) is 12.3 Å². The van der Waals surface area contributed by atoms with Gasteiger partial charge in [-0.25, -0.2) is 0 Å². The fourth-order valence-corrected chi connectivity index (χ4v) is 2.76. The molecule has 0 bridgehead atoms. The molecule has 2 heterocycles. The van der Waals surface area contributed by atoms with Crippen LogP contribution >= 0.6 is 0 Å². The first-order chi connectivity index (χ1) is 11.1. The van der Waals surface area contributed by atoms with Crippen LogP contribution in [-0.2, 0) is 11.8 Å². The quantitative estimate of drug-likeness (QED) is 0.827. The van der Waals surface area contributed by atoms with Crippen LogP contribution in [0, 0.1) is 12.3 Å². The molecule has 0 spiro atoms. The topological polar surface area (TPSA) is 73.6 Å². The molecule has 1 aliphatic rings. The lowest BCUT2D eigenvalue weighted by atomic mass is 9.89. The average molecular weight is 337 g/mol. The van der Waals surface area contributed by atoms with Crippen LogP contribution in [0.4, 0.5) is 5.82 Å². The van der Waals surface area contributed by atoms with Gasteiger partial charge in [-0.3, -0.25) is 19.3 Å². The molecule has 1 amide bonds. The van der Waals surface area contributed by atoms with Crippen LogP contribution in [0.5, 0.6) is 0 Å². The van der Waals surface area contributed by atoms with Crippen LogP contribution in [0.3, 0.4) is 0 Å². The van der Waals surface area contributed by atoms with Crippen LogP contribution in [0.25, 0.3) is 0 Å². The smallest absolute Gasteiger partial charge is 0.239 e. The molecule has 7 nitrogen and oxygen atoms in total. The third kappa shape index (κ3) is 5.29. The van der Waals surface area contributed by atoms with E-state index in [2.05, 4.69) is 41.0 Å². The van der Waals surface area contributed by atoms with Crippen molar-refractivity contribution in [2.24, 2.45) is 12.5 Å². The van der Waals surface area contributed by atoms with Gasteiger partial charge < -0.3 is 10.4 Å². The zero-order chi connectivity index (χ0) is 17.9. The van der Waals surface area contributed by atoms with Crippen molar-refractivity contribution < 1.29 is 9.90 Å². The Morgan fingerprint density at radius 2 is 1.88 bits per heavy atom. The number of hydrogen-bond donors (Lipinski definition) is 2. The number of aliphatic hydroxyl groups is 1. The zero-order valence-electron chi connectivity index (χ0n) is 15.5. The highest BCUT2D eigenvalue weighted by Gasteiger charge is 2.26. The number of aliphatic hydroxyl groups excluding tert-OH is 1. The lowest BCUT2D eigenvalue weighted by Gasteiger charge is -2.37. The number of carbonyl (C=O) groups is 1. The van der Waals surface area contributed by atoms with Crippen LogP contribution in [-0.4, -0.2) is 76.0 Å². The third-order valence-corrected chi connectivity index (χ3v) is 4.53. The number of piperazine rings is 1. The van der Waals surface area contributed by atoms with Crippen LogP contribution in [0.15, 0.2) is 6.07 Å². The highest BCUT2D eigenvalue weighted by atomic mass is 16.3. The van der Waals surface area contributed by atoms with Crippen molar-refractivity contribution in [1.29, 1.82) is 0 Å². The second kappa shape index (κ2) is 7.63. The first-order valence-electron chi connectivity index (χ1n) is 8.58. The molecule has 1 aromatic rings. The van der Waals surface area contributed by atoms with Crippen LogP contribution in [0.1, 0.15) is 26.5 Å². The minimum Gasteiger partial charge on any atom is -0.391 e. The molecule has 136 valence electrons. The summed E-state index contributed by atoms with van der Waals surface area (Å²) < 4.78 is 1.68. The minimum atomic E-state index is -0.333. The lowest BCUT2D eigenvalue weighted by Crippen LogP contribution is -2.51. The van der Waals surface area contributed by atoms with Gasteiger partial charge in [0.25, 0.3) is 0 Å². The van der Waals surface area contributed by atoms with Crippen molar-refractivity contribution >= 4 is 11.7 Å². The van der Waals surface area contributed by atoms with Gasteiger partial charge in [0.2, 0.25) is 5.91 Å². The van der Waals surface area contributed by atoms with Crippen molar-refractivity contribution in [2.45, 2.75) is 33.8 Å². The largest absolute Gasteiger partial charge is 0.391 e. The summed E-state index contributed by atoms with van der Waals surface area (Å²) in [6.45, 7) is 12.6. The Balaban J connectivity index is 1.74. The van der Waals surface area contributed by atoms with E-state index >= 15 is 0 Å². The van der Waals surface area contributed by atoms with Gasteiger partial charge in [0, 0.05) is 45.8 Å². The number of rotatable bonds is 5. The second-order valence-electron chi connectivity index (χ2n) is 7.80. The summed E-state index contributed by atoms with van der Waals surface area (Å²) in [6, 6.07) is 1.86. The molecule has 1 fully saturated rings. The second-order valence-corrected chi connectivity index (χ2v) is 7.80. The number of hydrogen-bond acceptors (Lipinski definition) is 5. The maximum absolute atomic E-state index is 12.2. The van der Waals surface area contributed by atoms with Crippen molar-refractivity contribution in [3.05, 3.63) is 11.8 Å². The molecule has 24 heavy (non-hydrogen) atoms. The van der Waals surface area contributed by atoms with Crippen molar-refractivity contribution in [3.63, 3.8) is 0 Å². The number of aromatic nitrogens is 2. The van der Waals surface area contributed by atoms with Crippen LogP contribution in [0.2, 0.25) is 0 Å². The minimum absolute atomic E-state index is 0.0128. The van der Waals surface area contributed by atoms with Crippen molar-refractivity contribution in [1.82, 2.24) is 19.6 Å². The van der Waals surface area contributed by atoms with Gasteiger partial charge in [-0.15, -0.1) is 0 Å². The van der Waals surface area contributed by atoms with Crippen molar-refractivity contribution in [3.8, 4) is 0 Å². The van der Waals surface area contributed by atoms with E-state index in [4.69, 9.17) is 0 Å². The molecule has 0 aromatic carbocycles. The maximum Gasteiger partial charge on any atom is 0.239 e. The van der Waals surface area contributed by atoms with E-state index in [1.54, 1.807) is 4.68 Å². The molecule has 1 atom stereocenters. The SMILES string of the molecule is Cc1cc(NC(=O)CN2CCN(C[C@@H](O)C(C)(C)C)CC2)n(C)n1. The van der Waals surface area contributed by atoms with Gasteiger partial charge in [0.1, 0.15) is 5.82 Å². The van der Waals surface area contributed by atoms with E-state index in [9.17, 15) is 9.90 Å². The molecule has 0 aliphatic carbocycles. The zero-order valence-corrected chi connectivity index (χ0v) is 15.5. The molecule has 1 aromatic heterocycles. The summed E-state index contributed by atoms with van der Waals surface area (Å²) in [5.74, 6) is 0.714. The number of nitrogens with zero attached hydrogens (tertiary/aromatic N) is 4. The molecule has 1 aliphatic heterocycles. The molecule has 2 N–H and O–H groups in total. The molecule has 0 saturated carbocycles. The molecule has 7 heteroatoms. The number of amides is 1. The summed E-state index contributed by atoms with van der Waals surface area (Å²) in [5, 5.41) is 17.3. The van der Waals surface area contributed by atoms with E-state index in [0.717, 1.165) is 37.7 Å². The average Bonchev–Trinajstić information content (AvgIpc) is 2.77. The van der Waals surface area contributed by atoms with E-state index in [0.29, 0.717) is 13.1 Å². The summed E-state index contributed by atoms with van der Waals surface area (Å²) in [5.41, 5.74) is 0.789. The van der Waals surface area contributed by atoms with Gasteiger partial charge in [-0.1, -0.05) is 20.8 Å². The fourth-order valence-electron chi connectivity index (χ4n) is 2.76. The first kappa shape index (κ1) is 18.9. The predicted molar refractivity (Wildman–Crippen MR) is 94.9 cm³/mol. The molecular formula is C17H31N5O2. The Morgan fingerprint density at radius 3 is 2.38 bits per heavy atom. The Bertz CT molecular complexity index is 556. The molecule has 1 saturated heterocycles. The predicted octanol–water partition coefficient (Wildman–Crippen LogP) is 0.692. The highest BCUT2D eigenvalue weighted by Crippen LogP contribution is 2.20. The number of carbonyl (C=O) groups excluding carboxylic acids is 1. The van der Waals surface area contributed by atoms with Gasteiger partial charge in [-0.2, -0.15) is 5.10 Å². The maximum atomic E-state index is 12.2. The van der Waals surface area contributed by atoms with E-state index in [-0.39, 0.29) is 17.4 Å². The molecule has 0 unspecified atom stereocenters. The summed E-state index contributed by atoms with van der Waals surface area (Å²) in [6.07, 6.45) is -0.333. The van der Waals surface area contributed by atoms with E-state index in [1.807, 2.05) is 20.0 Å². The monoisotopic (exact) mass is 337 g/mol. The fraction of sp³-hybridized carbons (Fsp3) is 0.765. The molecular weight excluding hydrogens is 306 g/mol. The standard InChI is InChI=1S/C17H31N5O2/c1-13-10-15(20(5)19-13)18-16(24)12-22-8-6-21(7-9-22)11-14(23)17(2,3)4/h10,14,23H,6-9,11-12H2,1-5H3,(H,18,24)/t14-/m1/s1. The van der Waals surface area contributed by atoms with Crippen molar-refractivity contribution in [2.75, 3.05) is 44.6 Å². The number of β-amino-alcohol motifs (C(OH)–C–C–N with tert-alkyl or cyclic N) is 1. The van der Waals surface area contributed by atoms with Gasteiger partial charge in [0.15, 0.2) is 0 Å². The molecule has 2 rings (SSSR count). The first-order valence-corrected chi connectivity index (χ1v) is 8.58. The third-order valence-electron chi connectivity index (χ3n) is 4.53.